The zero-order chi connectivity index (χ0) is 15.1. The Balaban J connectivity index is 2.06. The maximum Gasteiger partial charge on any atom is 0.330 e. The van der Waals surface area contributed by atoms with Gasteiger partial charge in [-0.3, -0.25) is 9.78 Å². The van der Waals surface area contributed by atoms with Crippen molar-refractivity contribution in [1.29, 1.82) is 0 Å². The Kier molecular flexibility index (Phi) is 4.82. The fourth-order valence-corrected chi connectivity index (χ4v) is 1.77. The third kappa shape index (κ3) is 4.28. The summed E-state index contributed by atoms with van der Waals surface area (Å²) in [6.07, 6.45) is 6.10. The van der Waals surface area contributed by atoms with E-state index in [9.17, 15) is 14.7 Å². The Morgan fingerprint density at radius 2 is 1.90 bits per heavy atom. The smallest absolute Gasteiger partial charge is 0.330 e. The van der Waals surface area contributed by atoms with Crippen LogP contribution in [0.15, 0.2) is 60.9 Å². The molecule has 5 heteroatoms. The van der Waals surface area contributed by atoms with Gasteiger partial charge in [-0.1, -0.05) is 36.4 Å². The van der Waals surface area contributed by atoms with Crippen LogP contribution in [-0.2, 0) is 9.59 Å². The second-order valence-corrected chi connectivity index (χ2v) is 4.31. The lowest BCUT2D eigenvalue weighted by molar-refractivity contribution is -0.141. The molecule has 1 amide bonds. The predicted octanol–water partition coefficient (Wildman–Crippen LogP) is 2.04. The van der Waals surface area contributed by atoms with E-state index in [4.69, 9.17) is 0 Å². The van der Waals surface area contributed by atoms with Gasteiger partial charge < -0.3 is 10.4 Å². The van der Waals surface area contributed by atoms with Gasteiger partial charge in [0.2, 0.25) is 5.91 Å². The van der Waals surface area contributed by atoms with E-state index < -0.39 is 17.9 Å². The first-order valence-corrected chi connectivity index (χ1v) is 6.33. The maximum absolute atomic E-state index is 11.8. The van der Waals surface area contributed by atoms with Gasteiger partial charge >= 0.3 is 5.97 Å². The number of nitrogens with zero attached hydrogens (tertiary/aromatic N) is 1. The molecular formula is C16H14N2O3. The molecule has 0 aliphatic carbocycles. The molecule has 0 aliphatic rings. The van der Waals surface area contributed by atoms with Gasteiger partial charge in [-0.25, -0.2) is 4.79 Å². The van der Waals surface area contributed by atoms with Crippen molar-refractivity contribution in [3.63, 3.8) is 0 Å². The number of hydrogen-bond donors (Lipinski definition) is 2. The Hall–Kier alpha value is -2.95. The first-order chi connectivity index (χ1) is 10.2. The van der Waals surface area contributed by atoms with Crippen molar-refractivity contribution in [3.8, 4) is 0 Å². The molecule has 21 heavy (non-hydrogen) atoms. The number of carbonyl (C=O) groups excluding carboxylic acids is 1. The van der Waals surface area contributed by atoms with Gasteiger partial charge in [-0.2, -0.15) is 0 Å². The van der Waals surface area contributed by atoms with Gasteiger partial charge in [0.1, 0.15) is 0 Å². The van der Waals surface area contributed by atoms with Crippen LogP contribution in [-0.4, -0.2) is 22.0 Å². The van der Waals surface area contributed by atoms with E-state index in [0.717, 1.165) is 5.56 Å². The van der Waals surface area contributed by atoms with E-state index >= 15 is 0 Å². The summed E-state index contributed by atoms with van der Waals surface area (Å²) >= 11 is 0. The average Bonchev–Trinajstić information content (AvgIpc) is 2.52. The van der Waals surface area contributed by atoms with Gasteiger partial charge in [0.05, 0.1) is 0 Å². The summed E-state index contributed by atoms with van der Waals surface area (Å²) in [5, 5.41) is 11.7. The van der Waals surface area contributed by atoms with Crippen molar-refractivity contribution in [1.82, 2.24) is 10.3 Å². The predicted molar refractivity (Wildman–Crippen MR) is 78.2 cm³/mol. The number of carboxylic acid groups (broad SMARTS) is 1. The SMILES string of the molecule is O=C(/C=C/c1cccnc1)N[C@@H](C(=O)O)c1ccccc1. The first-order valence-electron chi connectivity index (χ1n) is 6.33. The first kappa shape index (κ1) is 14.5. The molecule has 0 fully saturated rings. The standard InChI is InChI=1S/C16H14N2O3/c19-14(9-8-12-5-4-10-17-11-12)18-15(16(20)21)13-6-2-1-3-7-13/h1-11,15H,(H,18,19)(H,20,21)/b9-8+/t15-/m1/s1. The number of amides is 1. The summed E-state index contributed by atoms with van der Waals surface area (Å²) in [5.41, 5.74) is 1.28. The second-order valence-electron chi connectivity index (χ2n) is 4.31. The summed E-state index contributed by atoms with van der Waals surface area (Å²) in [6.45, 7) is 0. The van der Waals surface area contributed by atoms with Gasteiger partial charge in [-0.15, -0.1) is 0 Å². The van der Waals surface area contributed by atoms with E-state index in [0.29, 0.717) is 5.56 Å². The molecule has 2 rings (SSSR count). The van der Waals surface area contributed by atoms with Gasteiger partial charge in [-0.05, 0) is 23.3 Å². The number of carboxylic acids is 1. The summed E-state index contributed by atoms with van der Waals surface area (Å²) < 4.78 is 0. The molecule has 0 aliphatic heterocycles. The van der Waals surface area contributed by atoms with E-state index in [1.54, 1.807) is 60.9 Å². The molecule has 1 heterocycles. The molecule has 0 bridgehead atoms. The number of aromatic nitrogens is 1. The quantitative estimate of drug-likeness (QED) is 0.822. The molecule has 0 spiro atoms. The Labute approximate surface area is 122 Å². The van der Waals surface area contributed by atoms with Crippen LogP contribution in [0, 0.1) is 0 Å². The summed E-state index contributed by atoms with van der Waals surface area (Å²) in [5.74, 6) is -1.58. The molecule has 2 aromatic rings. The van der Waals surface area contributed by atoms with Gasteiger partial charge in [0, 0.05) is 18.5 Å². The third-order valence-electron chi connectivity index (χ3n) is 2.78. The van der Waals surface area contributed by atoms with Crippen molar-refractivity contribution in [2.75, 3.05) is 0 Å². The molecule has 0 saturated carbocycles. The number of hydrogen-bond acceptors (Lipinski definition) is 3. The van der Waals surface area contributed by atoms with Crippen molar-refractivity contribution in [2.45, 2.75) is 6.04 Å². The molecule has 2 N–H and O–H groups in total. The molecule has 0 radical (unpaired) electrons. The number of pyridine rings is 1. The minimum absolute atomic E-state index is 0.477. The highest BCUT2D eigenvalue weighted by molar-refractivity contribution is 5.94. The Morgan fingerprint density at radius 3 is 2.52 bits per heavy atom. The Bertz CT molecular complexity index is 639. The molecular weight excluding hydrogens is 268 g/mol. The molecule has 0 saturated heterocycles. The number of carbonyl (C=O) groups is 2. The van der Waals surface area contributed by atoms with Crippen LogP contribution in [0.2, 0.25) is 0 Å². The van der Waals surface area contributed by atoms with Crippen molar-refractivity contribution >= 4 is 18.0 Å². The number of nitrogens with one attached hydrogen (secondary N) is 1. The van der Waals surface area contributed by atoms with E-state index in [1.165, 1.54) is 6.08 Å². The van der Waals surface area contributed by atoms with Crippen LogP contribution >= 0.6 is 0 Å². The van der Waals surface area contributed by atoms with E-state index in [2.05, 4.69) is 10.3 Å². The normalized spacial score (nSPS) is 12.0. The number of benzene rings is 1. The summed E-state index contributed by atoms with van der Waals surface area (Å²) in [6, 6.07) is 11.0. The topological polar surface area (TPSA) is 79.3 Å². The lowest BCUT2D eigenvalue weighted by Gasteiger charge is -2.13. The van der Waals surface area contributed by atoms with Crippen LogP contribution in [0.1, 0.15) is 17.2 Å². The van der Waals surface area contributed by atoms with Crippen LogP contribution in [0.25, 0.3) is 6.08 Å². The minimum Gasteiger partial charge on any atom is -0.479 e. The highest BCUT2D eigenvalue weighted by Crippen LogP contribution is 2.12. The van der Waals surface area contributed by atoms with Crippen LogP contribution in [0.3, 0.4) is 0 Å². The van der Waals surface area contributed by atoms with Gasteiger partial charge in [0.15, 0.2) is 6.04 Å². The zero-order valence-electron chi connectivity index (χ0n) is 11.1. The summed E-state index contributed by atoms with van der Waals surface area (Å²) in [4.78, 5) is 27.0. The van der Waals surface area contributed by atoms with E-state index in [1.807, 2.05) is 0 Å². The monoisotopic (exact) mass is 282 g/mol. The molecule has 106 valence electrons. The molecule has 5 nitrogen and oxygen atoms in total. The van der Waals surface area contributed by atoms with Crippen LogP contribution < -0.4 is 5.32 Å². The molecule has 1 aromatic carbocycles. The van der Waals surface area contributed by atoms with Gasteiger partial charge in [0.25, 0.3) is 0 Å². The largest absolute Gasteiger partial charge is 0.479 e. The van der Waals surface area contributed by atoms with E-state index in [-0.39, 0.29) is 0 Å². The number of rotatable bonds is 5. The number of aliphatic carboxylic acids is 1. The Morgan fingerprint density at radius 1 is 1.14 bits per heavy atom. The minimum atomic E-state index is -1.11. The fourth-order valence-electron chi connectivity index (χ4n) is 1.77. The highest BCUT2D eigenvalue weighted by atomic mass is 16.4. The maximum atomic E-state index is 11.8. The van der Waals surface area contributed by atoms with Crippen molar-refractivity contribution < 1.29 is 14.7 Å². The fraction of sp³-hybridized carbons (Fsp3) is 0.0625. The second kappa shape index (κ2) is 7.00. The lowest BCUT2D eigenvalue weighted by atomic mass is 10.1. The average molecular weight is 282 g/mol. The van der Waals surface area contributed by atoms with Crippen molar-refractivity contribution in [3.05, 3.63) is 72.1 Å². The van der Waals surface area contributed by atoms with Crippen molar-refractivity contribution in [2.24, 2.45) is 0 Å². The summed E-state index contributed by atoms with van der Waals surface area (Å²) in [7, 11) is 0. The lowest BCUT2D eigenvalue weighted by Crippen LogP contribution is -2.32. The molecule has 1 atom stereocenters. The molecule has 0 unspecified atom stereocenters. The van der Waals surface area contributed by atoms with Crippen LogP contribution in [0.4, 0.5) is 0 Å². The molecule has 1 aromatic heterocycles. The highest BCUT2D eigenvalue weighted by Gasteiger charge is 2.20. The zero-order valence-corrected chi connectivity index (χ0v) is 11.1. The third-order valence-corrected chi connectivity index (χ3v) is 2.78. The van der Waals surface area contributed by atoms with Crippen LogP contribution in [0.5, 0.6) is 0 Å².